The van der Waals surface area contributed by atoms with Crippen LogP contribution in [0, 0.1) is 0 Å². The molecular weight excluding hydrogens is 120 g/mol. The van der Waals surface area contributed by atoms with Gasteiger partial charge in [-0.05, 0) is 6.92 Å². The Balaban J connectivity index is 2.39. The second kappa shape index (κ2) is 2.33. The zero-order chi connectivity index (χ0) is 6.85. The van der Waals surface area contributed by atoms with Crippen LogP contribution in [0.25, 0.3) is 0 Å². The molecule has 1 fully saturated rings. The lowest BCUT2D eigenvalue weighted by molar-refractivity contribution is -0.119. The molecule has 1 amide bonds. The SMILES string of the molecule is CC1NC(C(N)=O)CO1. The molecule has 4 nitrogen and oxygen atoms in total. The van der Waals surface area contributed by atoms with Crippen molar-refractivity contribution in [3.05, 3.63) is 0 Å². The first-order valence-electron chi connectivity index (χ1n) is 2.87. The first-order valence-corrected chi connectivity index (χ1v) is 2.87. The topological polar surface area (TPSA) is 64.3 Å². The van der Waals surface area contributed by atoms with E-state index in [9.17, 15) is 4.79 Å². The highest BCUT2D eigenvalue weighted by molar-refractivity contribution is 5.80. The zero-order valence-corrected chi connectivity index (χ0v) is 5.26. The molecule has 1 heterocycles. The van der Waals surface area contributed by atoms with Gasteiger partial charge in [0.15, 0.2) is 0 Å². The fourth-order valence-corrected chi connectivity index (χ4v) is 0.784. The molecule has 0 aliphatic carbocycles. The van der Waals surface area contributed by atoms with E-state index in [0.717, 1.165) is 0 Å². The lowest BCUT2D eigenvalue weighted by atomic mass is 10.3. The van der Waals surface area contributed by atoms with E-state index in [1.54, 1.807) is 0 Å². The highest BCUT2D eigenvalue weighted by Gasteiger charge is 2.24. The van der Waals surface area contributed by atoms with Crippen molar-refractivity contribution >= 4 is 5.91 Å². The van der Waals surface area contributed by atoms with Crippen molar-refractivity contribution in [1.29, 1.82) is 0 Å². The van der Waals surface area contributed by atoms with Gasteiger partial charge in [-0.2, -0.15) is 0 Å². The Hall–Kier alpha value is -0.610. The van der Waals surface area contributed by atoms with Crippen LogP contribution in [-0.2, 0) is 9.53 Å². The largest absolute Gasteiger partial charge is 0.368 e. The Morgan fingerprint density at radius 2 is 2.56 bits per heavy atom. The summed E-state index contributed by atoms with van der Waals surface area (Å²) in [4.78, 5) is 10.4. The van der Waals surface area contributed by atoms with Crippen molar-refractivity contribution in [2.75, 3.05) is 6.61 Å². The number of rotatable bonds is 1. The molecule has 0 aromatic carbocycles. The van der Waals surface area contributed by atoms with E-state index in [0.29, 0.717) is 6.61 Å². The molecule has 1 aliphatic rings. The molecular formula is C5H10N2O2. The summed E-state index contributed by atoms with van der Waals surface area (Å²) in [5.41, 5.74) is 4.98. The summed E-state index contributed by atoms with van der Waals surface area (Å²) in [6, 6.07) is -0.292. The van der Waals surface area contributed by atoms with E-state index < -0.39 is 0 Å². The zero-order valence-electron chi connectivity index (χ0n) is 5.26. The number of nitrogens with two attached hydrogens (primary N) is 1. The van der Waals surface area contributed by atoms with Gasteiger partial charge in [-0.25, -0.2) is 0 Å². The summed E-state index contributed by atoms with van der Waals surface area (Å²) < 4.78 is 5.01. The highest BCUT2D eigenvalue weighted by atomic mass is 16.5. The third kappa shape index (κ3) is 1.40. The number of carbonyl (C=O) groups excluding carboxylic acids is 1. The lowest BCUT2D eigenvalue weighted by Gasteiger charge is -2.02. The Morgan fingerprint density at radius 1 is 1.89 bits per heavy atom. The van der Waals surface area contributed by atoms with Gasteiger partial charge in [0.1, 0.15) is 12.3 Å². The second-order valence-electron chi connectivity index (χ2n) is 2.10. The third-order valence-corrected chi connectivity index (χ3v) is 1.29. The monoisotopic (exact) mass is 130 g/mol. The third-order valence-electron chi connectivity index (χ3n) is 1.29. The van der Waals surface area contributed by atoms with Crippen LogP contribution in [0.1, 0.15) is 6.92 Å². The summed E-state index contributed by atoms with van der Waals surface area (Å²) in [5.74, 6) is -0.348. The molecule has 0 radical (unpaired) electrons. The van der Waals surface area contributed by atoms with Crippen molar-refractivity contribution in [3.63, 3.8) is 0 Å². The minimum absolute atomic E-state index is 0.0394. The smallest absolute Gasteiger partial charge is 0.237 e. The molecule has 3 N–H and O–H groups in total. The number of hydrogen-bond acceptors (Lipinski definition) is 3. The number of nitrogens with one attached hydrogen (secondary N) is 1. The Kier molecular flexibility index (Phi) is 1.68. The van der Waals surface area contributed by atoms with Crippen LogP contribution in [0.4, 0.5) is 0 Å². The summed E-state index contributed by atoms with van der Waals surface area (Å²) in [6.07, 6.45) is -0.0394. The standard InChI is InChI=1S/C5H10N2O2/c1-3-7-4(2-9-3)5(6)8/h3-4,7H,2H2,1H3,(H2,6,8). The van der Waals surface area contributed by atoms with Gasteiger partial charge in [0.05, 0.1) is 6.61 Å². The number of amides is 1. The highest BCUT2D eigenvalue weighted by Crippen LogP contribution is 1.99. The van der Waals surface area contributed by atoms with Crippen LogP contribution in [-0.4, -0.2) is 24.8 Å². The maximum Gasteiger partial charge on any atom is 0.237 e. The maximum absolute atomic E-state index is 10.4. The second-order valence-corrected chi connectivity index (χ2v) is 2.10. The van der Waals surface area contributed by atoms with Gasteiger partial charge >= 0.3 is 0 Å². The molecule has 0 aromatic heterocycles. The quantitative estimate of drug-likeness (QED) is 0.469. The van der Waals surface area contributed by atoms with Crippen molar-refractivity contribution in [3.8, 4) is 0 Å². The van der Waals surface area contributed by atoms with Gasteiger partial charge in [0.2, 0.25) is 5.91 Å². The van der Waals surface area contributed by atoms with Crippen LogP contribution in [0.5, 0.6) is 0 Å². The molecule has 1 saturated heterocycles. The first-order chi connectivity index (χ1) is 4.20. The van der Waals surface area contributed by atoms with Crippen molar-refractivity contribution in [1.82, 2.24) is 5.32 Å². The summed E-state index contributed by atoms with van der Waals surface area (Å²) in [7, 11) is 0. The van der Waals surface area contributed by atoms with E-state index in [-0.39, 0.29) is 18.2 Å². The summed E-state index contributed by atoms with van der Waals surface area (Å²) in [5, 5.41) is 2.86. The van der Waals surface area contributed by atoms with Crippen LogP contribution in [0.3, 0.4) is 0 Å². The molecule has 0 saturated carbocycles. The maximum atomic E-state index is 10.4. The Bertz CT molecular complexity index is 126. The summed E-state index contributed by atoms with van der Waals surface area (Å²) >= 11 is 0. The minimum atomic E-state index is -0.348. The van der Waals surface area contributed by atoms with E-state index in [4.69, 9.17) is 10.5 Å². The van der Waals surface area contributed by atoms with Gasteiger partial charge in [-0.3, -0.25) is 10.1 Å². The number of ether oxygens (including phenoxy) is 1. The fraction of sp³-hybridized carbons (Fsp3) is 0.800. The molecule has 52 valence electrons. The van der Waals surface area contributed by atoms with Gasteiger partial charge < -0.3 is 10.5 Å². The molecule has 2 unspecified atom stereocenters. The molecule has 9 heavy (non-hydrogen) atoms. The van der Waals surface area contributed by atoms with Crippen molar-refractivity contribution in [2.24, 2.45) is 5.73 Å². The number of primary amides is 1. The molecule has 0 spiro atoms. The van der Waals surface area contributed by atoms with Crippen LogP contribution in [0.2, 0.25) is 0 Å². The predicted molar refractivity (Wildman–Crippen MR) is 31.5 cm³/mol. The number of hydrogen-bond donors (Lipinski definition) is 2. The first kappa shape index (κ1) is 6.51. The van der Waals surface area contributed by atoms with Gasteiger partial charge in [-0.1, -0.05) is 0 Å². The molecule has 4 heteroatoms. The molecule has 0 aromatic rings. The van der Waals surface area contributed by atoms with Crippen molar-refractivity contribution in [2.45, 2.75) is 19.2 Å². The average Bonchev–Trinajstić information content (AvgIpc) is 2.14. The van der Waals surface area contributed by atoms with Gasteiger partial charge in [-0.15, -0.1) is 0 Å². The molecule has 1 aliphatic heterocycles. The van der Waals surface area contributed by atoms with E-state index >= 15 is 0 Å². The van der Waals surface area contributed by atoms with Crippen molar-refractivity contribution < 1.29 is 9.53 Å². The lowest BCUT2D eigenvalue weighted by Crippen LogP contribution is -2.40. The average molecular weight is 130 g/mol. The summed E-state index contributed by atoms with van der Waals surface area (Å²) in [6.45, 7) is 2.24. The molecule has 2 atom stereocenters. The Morgan fingerprint density at radius 3 is 2.78 bits per heavy atom. The van der Waals surface area contributed by atoms with Gasteiger partial charge in [0, 0.05) is 0 Å². The number of carbonyl (C=O) groups is 1. The van der Waals surface area contributed by atoms with E-state index in [2.05, 4.69) is 5.32 Å². The van der Waals surface area contributed by atoms with Crippen LogP contribution < -0.4 is 11.1 Å². The normalized spacial score (nSPS) is 34.8. The predicted octanol–water partition coefficient (Wildman–Crippen LogP) is -1.19. The fourth-order valence-electron chi connectivity index (χ4n) is 0.784. The van der Waals surface area contributed by atoms with E-state index in [1.165, 1.54) is 0 Å². The van der Waals surface area contributed by atoms with Crippen LogP contribution >= 0.6 is 0 Å². The molecule has 0 bridgehead atoms. The van der Waals surface area contributed by atoms with E-state index in [1.807, 2.05) is 6.92 Å². The van der Waals surface area contributed by atoms with Crippen LogP contribution in [0.15, 0.2) is 0 Å². The minimum Gasteiger partial charge on any atom is -0.368 e. The molecule has 1 rings (SSSR count). The Labute approximate surface area is 53.4 Å². The van der Waals surface area contributed by atoms with Gasteiger partial charge in [0.25, 0.3) is 0 Å².